The van der Waals surface area contributed by atoms with Crippen LogP contribution in [0, 0.1) is 0 Å². The van der Waals surface area contributed by atoms with Crippen molar-refractivity contribution in [1.29, 1.82) is 0 Å². The average molecular weight is 466 g/mol. The number of hydrogen-bond donors (Lipinski definition) is 1. The van der Waals surface area contributed by atoms with Gasteiger partial charge in [-0.05, 0) is 36.2 Å². The van der Waals surface area contributed by atoms with Crippen LogP contribution in [0.25, 0.3) is 0 Å². The fourth-order valence-electron chi connectivity index (χ4n) is 3.57. The van der Waals surface area contributed by atoms with Crippen molar-refractivity contribution < 1.29 is 18.0 Å². The second kappa shape index (κ2) is 7.94. The van der Waals surface area contributed by atoms with Gasteiger partial charge in [-0.25, -0.2) is 8.42 Å². The van der Waals surface area contributed by atoms with E-state index in [2.05, 4.69) is 5.32 Å². The Hall–Kier alpha value is -2.55. The molecule has 30 heavy (non-hydrogen) atoms. The molecule has 0 fully saturated rings. The number of para-hydroxylation sites is 1. The fourth-order valence-corrected chi connectivity index (χ4v) is 5.41. The van der Waals surface area contributed by atoms with Crippen LogP contribution in [-0.2, 0) is 26.0 Å². The number of nitrogens with one attached hydrogen (secondary N) is 1. The zero-order valence-corrected chi connectivity index (χ0v) is 17.9. The topological polar surface area (TPSA) is 86.8 Å². The van der Waals surface area contributed by atoms with Crippen molar-refractivity contribution in [2.75, 3.05) is 11.4 Å². The smallest absolute Gasteiger partial charge is 0.264 e. The second-order valence-electron chi connectivity index (χ2n) is 6.88. The molecule has 1 N–H and O–H groups in total. The summed E-state index contributed by atoms with van der Waals surface area (Å²) in [5.74, 6) is -0.910. The van der Waals surface area contributed by atoms with Crippen molar-refractivity contribution in [1.82, 2.24) is 9.62 Å². The molecule has 0 bridgehead atoms. The first kappa shape index (κ1) is 20.7. The summed E-state index contributed by atoms with van der Waals surface area (Å²) in [7, 11) is -4.14. The van der Waals surface area contributed by atoms with E-state index in [1.54, 1.807) is 4.90 Å². The molecule has 0 saturated heterocycles. The monoisotopic (exact) mass is 465 g/mol. The molecule has 0 saturated carbocycles. The summed E-state index contributed by atoms with van der Waals surface area (Å²) >= 11 is 11.9. The van der Waals surface area contributed by atoms with E-state index >= 15 is 0 Å². The molecule has 2 amide bonds. The molecular formula is C20H17Cl2N3O4S. The van der Waals surface area contributed by atoms with Gasteiger partial charge in [-0.3, -0.25) is 13.9 Å². The molecule has 0 aromatic heterocycles. The highest BCUT2D eigenvalue weighted by atomic mass is 35.5. The minimum absolute atomic E-state index is 0.0736. The number of sulfonamides is 1. The summed E-state index contributed by atoms with van der Waals surface area (Å²) < 4.78 is 27.2. The van der Waals surface area contributed by atoms with E-state index < -0.39 is 22.0 Å². The van der Waals surface area contributed by atoms with Crippen molar-refractivity contribution >= 4 is 50.7 Å². The van der Waals surface area contributed by atoms with Gasteiger partial charge in [0.25, 0.3) is 10.0 Å². The van der Waals surface area contributed by atoms with Gasteiger partial charge in [0.15, 0.2) is 0 Å². The third-order valence-electron chi connectivity index (χ3n) is 5.08. The van der Waals surface area contributed by atoms with Gasteiger partial charge in [-0.1, -0.05) is 41.4 Å². The summed E-state index contributed by atoms with van der Waals surface area (Å²) in [4.78, 5) is 27.0. The fraction of sp³-hybridized carbons (Fsp3) is 0.200. The number of amides is 2. The number of nitrogens with zero attached hydrogens (tertiary/aromatic N) is 2. The largest absolute Gasteiger partial charge is 0.329 e. The van der Waals surface area contributed by atoms with Crippen LogP contribution in [0.2, 0.25) is 10.0 Å². The van der Waals surface area contributed by atoms with Crippen molar-refractivity contribution in [3.8, 4) is 0 Å². The first-order valence-corrected chi connectivity index (χ1v) is 11.3. The zero-order valence-electron chi connectivity index (χ0n) is 15.6. The first-order chi connectivity index (χ1) is 14.3. The predicted molar refractivity (Wildman–Crippen MR) is 114 cm³/mol. The molecule has 2 aliphatic heterocycles. The molecular weight excluding hydrogens is 449 g/mol. The normalized spacial score (nSPS) is 18.3. The van der Waals surface area contributed by atoms with Crippen LogP contribution in [0.4, 0.5) is 5.69 Å². The van der Waals surface area contributed by atoms with Gasteiger partial charge in [0, 0.05) is 24.6 Å². The Morgan fingerprint density at radius 3 is 2.67 bits per heavy atom. The molecule has 0 unspecified atom stereocenters. The Labute approximate surface area is 183 Å². The number of benzene rings is 2. The Balaban J connectivity index is 1.63. The van der Waals surface area contributed by atoms with E-state index in [9.17, 15) is 18.0 Å². The maximum atomic E-state index is 13.2. The number of carbonyl (C=O) groups is 2. The van der Waals surface area contributed by atoms with E-state index in [1.165, 1.54) is 30.6 Å². The van der Waals surface area contributed by atoms with Gasteiger partial charge in [-0.15, -0.1) is 0 Å². The molecule has 0 spiro atoms. The molecule has 2 aromatic rings. The van der Waals surface area contributed by atoms with Crippen LogP contribution in [0.5, 0.6) is 0 Å². The van der Waals surface area contributed by atoms with Gasteiger partial charge in [0.05, 0.1) is 21.4 Å². The van der Waals surface area contributed by atoms with Gasteiger partial charge in [-0.2, -0.15) is 0 Å². The Kier molecular flexibility index (Phi) is 5.48. The van der Waals surface area contributed by atoms with E-state index in [1.807, 2.05) is 24.3 Å². The molecule has 0 aliphatic carbocycles. The molecule has 7 nitrogen and oxygen atoms in total. The highest BCUT2D eigenvalue weighted by Crippen LogP contribution is 2.31. The Bertz CT molecular complexity index is 1170. The van der Waals surface area contributed by atoms with Crippen molar-refractivity contribution in [2.45, 2.75) is 23.8 Å². The summed E-state index contributed by atoms with van der Waals surface area (Å²) in [5.41, 5.74) is 1.83. The molecule has 2 heterocycles. The number of anilines is 1. The summed E-state index contributed by atoms with van der Waals surface area (Å²) in [6, 6.07) is 10.2. The molecule has 2 aliphatic rings. The molecule has 156 valence electrons. The zero-order chi connectivity index (χ0) is 21.5. The average Bonchev–Trinajstić information content (AvgIpc) is 3.15. The van der Waals surface area contributed by atoms with Gasteiger partial charge >= 0.3 is 0 Å². The Morgan fingerprint density at radius 2 is 1.90 bits per heavy atom. The van der Waals surface area contributed by atoms with E-state index in [0.29, 0.717) is 13.0 Å². The van der Waals surface area contributed by atoms with Gasteiger partial charge < -0.3 is 10.2 Å². The minimum Gasteiger partial charge on any atom is -0.329 e. The number of rotatable bonds is 4. The number of carbonyl (C=O) groups excluding carboxylic acids is 2. The van der Waals surface area contributed by atoms with Crippen LogP contribution in [0.3, 0.4) is 0 Å². The third kappa shape index (κ3) is 3.66. The maximum absolute atomic E-state index is 13.2. The van der Waals surface area contributed by atoms with Gasteiger partial charge in [0.2, 0.25) is 11.8 Å². The second-order valence-corrected chi connectivity index (χ2v) is 9.54. The Morgan fingerprint density at radius 1 is 1.13 bits per heavy atom. The first-order valence-electron chi connectivity index (χ1n) is 9.13. The number of fused-ring (bicyclic) bond motifs is 1. The lowest BCUT2D eigenvalue weighted by atomic mass is 10.1. The lowest BCUT2D eigenvalue weighted by Gasteiger charge is -2.32. The van der Waals surface area contributed by atoms with Crippen LogP contribution < -0.4 is 10.2 Å². The lowest BCUT2D eigenvalue weighted by molar-refractivity contribution is -0.128. The molecule has 0 radical (unpaired) electrons. The SMILES string of the molecule is O=C1NC=CN(S(=O)(=O)c2ccc(Cl)c(Cl)c2)[C@@H]1CC(=O)N1CCc2ccccc21. The van der Waals surface area contributed by atoms with Crippen molar-refractivity contribution in [3.63, 3.8) is 0 Å². The van der Waals surface area contributed by atoms with Crippen LogP contribution in [0.1, 0.15) is 12.0 Å². The quantitative estimate of drug-likeness (QED) is 0.751. The lowest BCUT2D eigenvalue weighted by Crippen LogP contribution is -2.51. The van der Waals surface area contributed by atoms with E-state index in [4.69, 9.17) is 23.2 Å². The highest BCUT2D eigenvalue weighted by molar-refractivity contribution is 7.89. The summed E-state index contributed by atoms with van der Waals surface area (Å²) in [5, 5.41) is 2.76. The van der Waals surface area contributed by atoms with E-state index in [0.717, 1.165) is 15.6 Å². The van der Waals surface area contributed by atoms with Crippen LogP contribution in [-0.4, -0.2) is 37.1 Å². The summed E-state index contributed by atoms with van der Waals surface area (Å²) in [6.45, 7) is 0.488. The molecule has 1 atom stereocenters. The third-order valence-corrected chi connectivity index (χ3v) is 7.60. The predicted octanol–water partition coefficient (Wildman–Crippen LogP) is 2.93. The minimum atomic E-state index is -4.14. The summed E-state index contributed by atoms with van der Waals surface area (Å²) in [6.07, 6.45) is 2.87. The van der Waals surface area contributed by atoms with Crippen molar-refractivity contribution in [2.24, 2.45) is 0 Å². The molecule has 10 heteroatoms. The number of hydrogen-bond acceptors (Lipinski definition) is 4. The van der Waals surface area contributed by atoms with Crippen molar-refractivity contribution in [3.05, 3.63) is 70.5 Å². The van der Waals surface area contributed by atoms with E-state index in [-0.39, 0.29) is 27.3 Å². The molecule has 4 rings (SSSR count). The van der Waals surface area contributed by atoms with Crippen LogP contribution >= 0.6 is 23.2 Å². The van der Waals surface area contributed by atoms with Gasteiger partial charge in [0.1, 0.15) is 6.04 Å². The highest BCUT2D eigenvalue weighted by Gasteiger charge is 2.38. The standard InChI is InChI=1S/C20H17Cl2N3O4S/c21-15-6-5-14(11-16(15)22)30(28,29)25-10-8-23-20(27)18(25)12-19(26)24-9-7-13-3-1-2-4-17(13)24/h1-6,8,10-11,18H,7,9,12H2,(H,23,27)/t18-/m1/s1. The maximum Gasteiger partial charge on any atom is 0.264 e. The van der Waals surface area contributed by atoms with Crippen LogP contribution in [0.15, 0.2) is 59.8 Å². The number of halogens is 2. The molecule has 2 aromatic carbocycles.